The fourth-order valence-corrected chi connectivity index (χ4v) is 16.1. The Labute approximate surface area is 140 Å². The van der Waals surface area contributed by atoms with Gasteiger partial charge in [0.25, 0.3) is 0 Å². The molecule has 11 nitrogen and oxygen atoms in total. The third-order valence-corrected chi connectivity index (χ3v) is 15.7. The molecule has 1 fully saturated rings. The van der Waals surface area contributed by atoms with Crippen molar-refractivity contribution in [3.05, 3.63) is 0 Å². The van der Waals surface area contributed by atoms with Gasteiger partial charge in [-0.15, -0.1) is 0 Å². The van der Waals surface area contributed by atoms with Crippen molar-refractivity contribution in [1.82, 2.24) is 0 Å². The fourth-order valence-electron chi connectivity index (χ4n) is 1.63. The summed E-state index contributed by atoms with van der Waals surface area (Å²) in [6.45, 7) is 6.96. The molecule has 0 aliphatic carbocycles. The van der Waals surface area contributed by atoms with E-state index >= 15 is 0 Å². The van der Waals surface area contributed by atoms with Crippen LogP contribution in [0.5, 0.6) is 0 Å². The van der Waals surface area contributed by atoms with Gasteiger partial charge in [0.2, 0.25) is 0 Å². The first-order valence-corrected chi connectivity index (χ1v) is 17.8. The second kappa shape index (κ2) is 7.90. The van der Waals surface area contributed by atoms with Crippen molar-refractivity contribution < 1.29 is 49.3 Å². The molecule has 23 heavy (non-hydrogen) atoms. The predicted molar refractivity (Wildman–Crippen MR) is 87.5 cm³/mol. The fraction of sp³-hybridized carbons (Fsp3) is 1.00. The van der Waals surface area contributed by atoms with Gasteiger partial charge in [-0.2, -0.15) is 0 Å². The summed E-state index contributed by atoms with van der Waals surface area (Å²) in [5.41, 5.74) is 0. The van der Waals surface area contributed by atoms with Crippen molar-refractivity contribution in [3.8, 4) is 0 Å². The van der Waals surface area contributed by atoms with Gasteiger partial charge in [0.05, 0.1) is 0 Å². The maximum Gasteiger partial charge on any atom is 0.489 e. The van der Waals surface area contributed by atoms with Crippen LogP contribution < -0.4 is 0 Å². The predicted octanol–water partition coefficient (Wildman–Crippen LogP) is -1.85. The van der Waals surface area contributed by atoms with Gasteiger partial charge in [0, 0.05) is 47.0 Å². The number of hydrogen-bond acceptors (Lipinski definition) is 11. The second-order valence-corrected chi connectivity index (χ2v) is 18.4. The summed E-state index contributed by atoms with van der Waals surface area (Å²) in [6.07, 6.45) is 0. The average molecular weight is 427 g/mol. The van der Waals surface area contributed by atoms with Crippen molar-refractivity contribution in [3.63, 3.8) is 0 Å². The summed E-state index contributed by atoms with van der Waals surface area (Å²) in [5.74, 6) is 0. The van der Waals surface area contributed by atoms with E-state index < -0.39 is 44.0 Å². The van der Waals surface area contributed by atoms with E-state index in [0.717, 1.165) is 6.55 Å². The summed E-state index contributed by atoms with van der Waals surface area (Å²) in [6, 6.07) is 0. The molecule has 4 atom stereocenters. The number of rotatable bonds is 2. The topological polar surface area (TPSA) is 157 Å². The molecule has 1 heterocycles. The van der Waals surface area contributed by atoms with E-state index in [1.165, 1.54) is 27.3 Å². The van der Waals surface area contributed by atoms with E-state index in [9.17, 15) is 9.59 Å². The van der Waals surface area contributed by atoms with E-state index in [1.807, 2.05) is 0 Å². The maximum absolute atomic E-state index is 10.1. The third kappa shape index (κ3) is 10.3. The van der Waals surface area contributed by atoms with E-state index in [1.54, 1.807) is 13.1 Å². The normalized spacial score (nSPS) is 42.3. The molecule has 140 valence electrons. The van der Waals surface area contributed by atoms with Gasteiger partial charge >= 0.3 is 44.0 Å². The summed E-state index contributed by atoms with van der Waals surface area (Å²) >= 11 is 0. The van der Waals surface area contributed by atoms with Crippen molar-refractivity contribution in [2.75, 3.05) is 14.2 Å². The van der Waals surface area contributed by atoms with Crippen LogP contribution in [-0.4, -0.2) is 82.2 Å². The molecule has 1 saturated heterocycles. The minimum Gasteiger partial charge on any atom is -0.391 e. The molecule has 4 unspecified atom stereocenters. The maximum atomic E-state index is 10.1. The van der Waals surface area contributed by atoms with E-state index in [4.69, 9.17) is 39.7 Å². The van der Waals surface area contributed by atoms with Crippen LogP contribution in [0, 0.1) is 0 Å². The van der Waals surface area contributed by atoms with Crippen molar-refractivity contribution in [2.45, 2.75) is 32.7 Å². The second-order valence-electron chi connectivity index (χ2n) is 5.31. The molecule has 5 N–H and O–H groups in total. The van der Waals surface area contributed by atoms with E-state index in [2.05, 4.69) is 0 Å². The third-order valence-electron chi connectivity index (χ3n) is 2.24. The van der Waals surface area contributed by atoms with Gasteiger partial charge in [-0.1, -0.05) is 0 Å². The Morgan fingerprint density at radius 1 is 0.696 bits per heavy atom. The largest absolute Gasteiger partial charge is 0.489 e. The van der Waals surface area contributed by atoms with Crippen molar-refractivity contribution >= 4 is 44.0 Å². The molecule has 1 rings (SSSR count). The van der Waals surface area contributed by atoms with Gasteiger partial charge in [0.15, 0.2) is 0 Å². The van der Waals surface area contributed by atoms with Crippen LogP contribution in [0.15, 0.2) is 0 Å². The highest BCUT2D eigenvalue weighted by molar-refractivity contribution is 6.87. The lowest BCUT2D eigenvalue weighted by Crippen LogP contribution is -2.69. The first-order valence-electron chi connectivity index (χ1n) is 6.48. The minimum absolute atomic E-state index is 0.993. The SMILES string of the molecule is CO[Si]1(C)O[Si](C)(O)O[Si](C)(O)O[Si](C)(OC)O1.C[Si](O)(O)O. The Morgan fingerprint density at radius 3 is 1.17 bits per heavy atom. The van der Waals surface area contributed by atoms with E-state index in [-0.39, 0.29) is 0 Å². The van der Waals surface area contributed by atoms with Gasteiger partial charge in [-0.05, 0) is 0 Å². The Bertz CT molecular complexity index is 355. The summed E-state index contributed by atoms with van der Waals surface area (Å²) < 4.78 is 32.3. The first kappa shape index (κ1) is 23.6. The van der Waals surface area contributed by atoms with Crippen molar-refractivity contribution in [2.24, 2.45) is 0 Å². The molecule has 0 spiro atoms. The average Bonchev–Trinajstić information content (AvgIpc) is 2.21. The Morgan fingerprint density at radius 2 is 0.957 bits per heavy atom. The van der Waals surface area contributed by atoms with Gasteiger partial charge in [-0.25, -0.2) is 0 Å². The van der Waals surface area contributed by atoms with Crippen LogP contribution in [0.3, 0.4) is 0 Å². The quantitative estimate of drug-likeness (QED) is 0.316. The minimum atomic E-state index is -3.61. The molecule has 0 saturated carbocycles. The summed E-state index contributed by atoms with van der Waals surface area (Å²) in [4.78, 5) is 43.4. The van der Waals surface area contributed by atoms with E-state index in [0.29, 0.717) is 0 Å². The van der Waals surface area contributed by atoms with Crippen LogP contribution >= 0.6 is 0 Å². The molecule has 1 aliphatic heterocycles. The molecule has 0 aromatic carbocycles. The smallest absolute Gasteiger partial charge is 0.391 e. The zero-order valence-electron chi connectivity index (χ0n) is 14.2. The lowest BCUT2D eigenvalue weighted by Gasteiger charge is -2.43. The van der Waals surface area contributed by atoms with Gasteiger partial charge in [0.1, 0.15) is 0 Å². The van der Waals surface area contributed by atoms with Crippen LogP contribution in [0.4, 0.5) is 0 Å². The highest BCUT2D eigenvalue weighted by Crippen LogP contribution is 2.28. The van der Waals surface area contributed by atoms with Gasteiger partial charge < -0.3 is 49.3 Å². The molecular weight excluding hydrogens is 400 g/mol. The Kier molecular flexibility index (Phi) is 8.12. The van der Waals surface area contributed by atoms with Crippen LogP contribution in [-0.2, 0) is 25.3 Å². The zero-order valence-corrected chi connectivity index (χ0v) is 19.2. The first-order chi connectivity index (χ1) is 9.95. The Hall–Kier alpha value is 0.644. The summed E-state index contributed by atoms with van der Waals surface area (Å²) in [5, 5.41) is 0. The molecule has 0 bridgehead atoms. The van der Waals surface area contributed by atoms with Gasteiger partial charge in [-0.3, -0.25) is 0 Å². The van der Waals surface area contributed by atoms with Crippen LogP contribution in [0.2, 0.25) is 32.7 Å². The molecule has 1 aliphatic rings. The Balaban J connectivity index is 0.000000841. The monoisotopic (exact) mass is 426 g/mol. The van der Waals surface area contributed by atoms with Crippen LogP contribution in [0.25, 0.3) is 0 Å². The molecular formula is C7H26O11Si5. The molecule has 0 aromatic heterocycles. The molecule has 0 aromatic rings. The lowest BCUT2D eigenvalue weighted by atomic mass is 11.8. The molecule has 16 heteroatoms. The zero-order chi connectivity index (χ0) is 18.7. The van der Waals surface area contributed by atoms with Crippen molar-refractivity contribution in [1.29, 1.82) is 0 Å². The molecule has 0 radical (unpaired) electrons. The summed E-state index contributed by atoms with van der Waals surface area (Å²) in [7, 11) is -14.2. The lowest BCUT2D eigenvalue weighted by molar-refractivity contribution is 0.0621. The highest BCUT2D eigenvalue weighted by Gasteiger charge is 2.60. The highest BCUT2D eigenvalue weighted by atomic mass is 28.5. The standard InChI is InChI=1S/C6H20O8Si4.CH6O3Si/c1-9-17(5)12-15(3,7)11-16(4,8)13-18(6,10-2)14-17;1-5(2,3)4/h7-8H,1-6H3;2-4H,1H3. The molecule has 0 amide bonds. The number of hydrogen-bond donors (Lipinski definition) is 5. The van der Waals surface area contributed by atoms with Crippen LogP contribution in [0.1, 0.15) is 0 Å².